The zero-order valence-electron chi connectivity index (χ0n) is 13.7. The van der Waals surface area contributed by atoms with E-state index in [1.807, 2.05) is 31.9 Å². The molecule has 0 spiro atoms. The largest absolute Gasteiger partial charge is 0.404 e. The maximum Gasteiger partial charge on any atom is 0.264 e. The van der Waals surface area contributed by atoms with Crippen molar-refractivity contribution in [2.75, 3.05) is 25.5 Å². The second-order valence-corrected chi connectivity index (χ2v) is 4.90. The lowest BCUT2D eigenvalue weighted by atomic mass is 9.92. The van der Waals surface area contributed by atoms with Crippen LogP contribution in [0.1, 0.15) is 43.4 Å². The van der Waals surface area contributed by atoms with Crippen molar-refractivity contribution in [1.82, 2.24) is 0 Å². The van der Waals surface area contributed by atoms with Crippen LogP contribution in [0, 0.1) is 0 Å². The smallest absolute Gasteiger partial charge is 0.264 e. The number of benzene rings is 1. The minimum absolute atomic E-state index is 0.00843. The summed E-state index contributed by atoms with van der Waals surface area (Å²) in [5, 5.41) is 0. The Bertz CT molecular complexity index is 551. The molecule has 1 heterocycles. The number of allylic oxidation sites excluding steroid dienone is 1. The maximum absolute atomic E-state index is 13.3. The van der Waals surface area contributed by atoms with Crippen LogP contribution in [0.3, 0.4) is 0 Å². The lowest BCUT2D eigenvalue weighted by Crippen LogP contribution is -2.25. The van der Waals surface area contributed by atoms with E-state index in [0.717, 1.165) is 30.6 Å². The third-order valence-electron chi connectivity index (χ3n) is 3.60. The molecule has 0 saturated heterocycles. The van der Waals surface area contributed by atoms with Crippen molar-refractivity contribution >= 4 is 17.5 Å². The number of nitrogens with zero attached hydrogens (tertiary/aromatic N) is 2. The molecule has 122 valence electrons. The SMILES string of the molecule is CC.CN=C/C(=C\N)c1cc2c(cc1C(F)F)N(C)CCC2. The standard InChI is InChI=1S/C15H19F2N3.C2H6/c1-19-9-11(8-18)12-6-10-4-3-5-20(2)14(10)7-13(12)15(16)17;1-2/h6-9,15H,3-5,18H2,1-2H3;1-2H3/b11-8+,19-9?;. The maximum atomic E-state index is 13.3. The molecule has 2 N–H and O–H groups in total. The second-order valence-electron chi connectivity index (χ2n) is 4.90. The molecule has 1 aliphatic heterocycles. The highest BCUT2D eigenvalue weighted by molar-refractivity contribution is 6.10. The van der Waals surface area contributed by atoms with Gasteiger partial charge in [0.2, 0.25) is 0 Å². The molecule has 2 rings (SSSR count). The number of hydrogen-bond acceptors (Lipinski definition) is 3. The first-order valence-electron chi connectivity index (χ1n) is 7.59. The van der Waals surface area contributed by atoms with Crippen molar-refractivity contribution < 1.29 is 8.78 Å². The molecule has 0 amide bonds. The molecule has 3 nitrogen and oxygen atoms in total. The summed E-state index contributed by atoms with van der Waals surface area (Å²) < 4.78 is 26.7. The Morgan fingerprint density at radius 1 is 1.36 bits per heavy atom. The van der Waals surface area contributed by atoms with Gasteiger partial charge in [0.25, 0.3) is 6.43 Å². The van der Waals surface area contributed by atoms with Crippen LogP contribution < -0.4 is 10.6 Å². The number of hydrogen-bond donors (Lipinski definition) is 1. The number of halogens is 2. The molecule has 0 fully saturated rings. The van der Waals surface area contributed by atoms with E-state index in [1.54, 1.807) is 13.1 Å². The summed E-state index contributed by atoms with van der Waals surface area (Å²) in [6.45, 7) is 4.89. The summed E-state index contributed by atoms with van der Waals surface area (Å²) in [5.74, 6) is 0. The lowest BCUT2D eigenvalue weighted by Gasteiger charge is -2.29. The molecule has 0 aliphatic carbocycles. The molecule has 0 atom stereocenters. The van der Waals surface area contributed by atoms with Crippen molar-refractivity contribution in [3.05, 3.63) is 35.0 Å². The topological polar surface area (TPSA) is 41.6 Å². The average Bonchev–Trinajstić information content (AvgIpc) is 2.53. The molecule has 1 aliphatic rings. The van der Waals surface area contributed by atoms with Gasteiger partial charge >= 0.3 is 0 Å². The zero-order valence-corrected chi connectivity index (χ0v) is 13.7. The Morgan fingerprint density at radius 2 is 2.05 bits per heavy atom. The minimum atomic E-state index is -2.54. The van der Waals surface area contributed by atoms with Crippen LogP contribution >= 0.6 is 0 Å². The van der Waals surface area contributed by atoms with Gasteiger partial charge in [0, 0.05) is 49.9 Å². The van der Waals surface area contributed by atoms with Crippen molar-refractivity contribution in [3.63, 3.8) is 0 Å². The summed E-state index contributed by atoms with van der Waals surface area (Å²) in [7, 11) is 3.53. The van der Waals surface area contributed by atoms with E-state index >= 15 is 0 Å². The third kappa shape index (κ3) is 3.84. The third-order valence-corrected chi connectivity index (χ3v) is 3.60. The van der Waals surface area contributed by atoms with Crippen LogP contribution in [0.2, 0.25) is 0 Å². The van der Waals surface area contributed by atoms with Crippen molar-refractivity contribution in [1.29, 1.82) is 0 Å². The number of rotatable bonds is 3. The van der Waals surface area contributed by atoms with E-state index in [9.17, 15) is 8.78 Å². The fourth-order valence-electron chi connectivity index (χ4n) is 2.60. The van der Waals surface area contributed by atoms with Crippen LogP contribution in [-0.4, -0.2) is 26.9 Å². The van der Waals surface area contributed by atoms with Gasteiger partial charge < -0.3 is 10.6 Å². The highest BCUT2D eigenvalue weighted by Crippen LogP contribution is 2.36. The van der Waals surface area contributed by atoms with Crippen LogP contribution in [0.15, 0.2) is 23.3 Å². The normalized spacial score (nSPS) is 14.9. The first-order chi connectivity index (χ1) is 10.6. The first kappa shape index (κ1) is 18.1. The molecular weight excluding hydrogens is 284 g/mol. The quantitative estimate of drug-likeness (QED) is 0.856. The van der Waals surface area contributed by atoms with Gasteiger partial charge in [0.15, 0.2) is 0 Å². The van der Waals surface area contributed by atoms with E-state index in [1.165, 1.54) is 12.4 Å². The molecule has 22 heavy (non-hydrogen) atoms. The van der Waals surface area contributed by atoms with Crippen LogP contribution in [-0.2, 0) is 6.42 Å². The van der Waals surface area contributed by atoms with Crippen molar-refractivity contribution in [2.24, 2.45) is 10.7 Å². The number of nitrogens with two attached hydrogens (primary N) is 1. The van der Waals surface area contributed by atoms with Gasteiger partial charge in [-0.3, -0.25) is 4.99 Å². The van der Waals surface area contributed by atoms with E-state index in [-0.39, 0.29) is 5.56 Å². The lowest BCUT2D eigenvalue weighted by molar-refractivity contribution is 0.151. The summed E-state index contributed by atoms with van der Waals surface area (Å²) in [6, 6.07) is 3.41. The zero-order chi connectivity index (χ0) is 16.7. The Morgan fingerprint density at radius 3 is 2.59 bits per heavy atom. The van der Waals surface area contributed by atoms with E-state index in [4.69, 9.17) is 5.73 Å². The predicted octanol–water partition coefficient (Wildman–Crippen LogP) is 4.03. The number of aliphatic imine (C=N–C) groups is 1. The molecular formula is C17H25F2N3. The molecule has 5 heteroatoms. The fraction of sp³-hybridized carbons (Fsp3) is 0.471. The summed E-state index contributed by atoms with van der Waals surface area (Å²) >= 11 is 0. The van der Waals surface area contributed by atoms with Crippen LogP contribution in [0.25, 0.3) is 5.57 Å². The van der Waals surface area contributed by atoms with Gasteiger partial charge in [-0.2, -0.15) is 0 Å². The van der Waals surface area contributed by atoms with Gasteiger partial charge in [-0.05, 0) is 36.1 Å². The Hall–Kier alpha value is -1.91. The minimum Gasteiger partial charge on any atom is -0.404 e. The average molecular weight is 309 g/mol. The number of alkyl halides is 2. The first-order valence-corrected chi connectivity index (χ1v) is 7.59. The van der Waals surface area contributed by atoms with E-state index in [2.05, 4.69) is 4.99 Å². The highest BCUT2D eigenvalue weighted by atomic mass is 19.3. The van der Waals surface area contributed by atoms with E-state index in [0.29, 0.717) is 11.1 Å². The van der Waals surface area contributed by atoms with Gasteiger partial charge in [-0.25, -0.2) is 8.78 Å². The number of aryl methyl sites for hydroxylation is 1. The number of anilines is 1. The molecule has 0 aromatic heterocycles. The fourth-order valence-corrected chi connectivity index (χ4v) is 2.60. The molecule has 0 unspecified atom stereocenters. The Balaban J connectivity index is 0.00000116. The van der Waals surface area contributed by atoms with Crippen molar-refractivity contribution in [3.8, 4) is 0 Å². The Kier molecular flexibility index (Phi) is 7.02. The predicted molar refractivity (Wildman–Crippen MR) is 90.9 cm³/mol. The second kappa shape index (κ2) is 8.51. The van der Waals surface area contributed by atoms with Crippen LogP contribution in [0.4, 0.5) is 14.5 Å². The molecule has 0 radical (unpaired) electrons. The Labute approximate surface area is 131 Å². The van der Waals surface area contributed by atoms with Crippen molar-refractivity contribution in [2.45, 2.75) is 33.1 Å². The van der Waals surface area contributed by atoms with Gasteiger partial charge in [-0.1, -0.05) is 13.8 Å². The molecule has 0 bridgehead atoms. The summed E-state index contributed by atoms with van der Waals surface area (Å²) in [5.41, 5.74) is 8.54. The molecule has 0 saturated carbocycles. The van der Waals surface area contributed by atoms with Gasteiger partial charge in [0.05, 0.1) is 0 Å². The van der Waals surface area contributed by atoms with Gasteiger partial charge in [-0.15, -0.1) is 0 Å². The molecule has 1 aromatic carbocycles. The summed E-state index contributed by atoms with van der Waals surface area (Å²) in [4.78, 5) is 5.90. The van der Waals surface area contributed by atoms with Crippen LogP contribution in [0.5, 0.6) is 0 Å². The van der Waals surface area contributed by atoms with Gasteiger partial charge in [0.1, 0.15) is 0 Å². The summed E-state index contributed by atoms with van der Waals surface area (Å²) in [6.07, 6.45) is 2.23. The van der Waals surface area contributed by atoms with E-state index < -0.39 is 6.43 Å². The highest BCUT2D eigenvalue weighted by Gasteiger charge is 2.22. The molecule has 1 aromatic rings. The number of fused-ring (bicyclic) bond motifs is 1. The monoisotopic (exact) mass is 309 g/mol.